The minimum Gasteiger partial charge on any atom is -0.376 e. The van der Waals surface area contributed by atoms with Crippen molar-refractivity contribution in [3.63, 3.8) is 0 Å². The van der Waals surface area contributed by atoms with E-state index in [4.69, 9.17) is 4.74 Å². The summed E-state index contributed by atoms with van der Waals surface area (Å²) in [6.07, 6.45) is 0.407. The number of rotatable bonds is 4. The van der Waals surface area contributed by atoms with Gasteiger partial charge in [0, 0.05) is 0 Å². The number of hydrogen-bond acceptors (Lipinski definition) is 2. The smallest absolute Gasteiger partial charge is 0.225 e. The van der Waals surface area contributed by atoms with Gasteiger partial charge in [0.25, 0.3) is 0 Å². The summed E-state index contributed by atoms with van der Waals surface area (Å²) in [6.45, 7) is 3.21. The summed E-state index contributed by atoms with van der Waals surface area (Å²) in [5.41, 5.74) is 3.20. The first-order valence-corrected chi connectivity index (χ1v) is 7.18. The molecule has 1 saturated heterocycles. The maximum atomic E-state index is 12.0. The molecule has 1 amide bonds. The molecule has 3 rings (SSSR count). The number of ether oxygens (including phenoxy) is 1. The number of nitrogens with one attached hydrogen (secondary N) is 1. The quantitative estimate of drug-likeness (QED) is 0.936. The second kappa shape index (κ2) is 5.70. The number of amides is 1. The van der Waals surface area contributed by atoms with Crippen LogP contribution in [-0.2, 0) is 16.0 Å². The van der Waals surface area contributed by atoms with Gasteiger partial charge in [-0.2, -0.15) is 0 Å². The lowest BCUT2D eigenvalue weighted by Gasteiger charge is -2.38. The standard InChI is InChI=1S/C18H19NO2/c1-18(12-21-13-18)19-17(20)11-14-7-9-16(10-8-14)15-5-3-2-4-6-15/h2-10H,11-13H2,1H3,(H,19,20). The van der Waals surface area contributed by atoms with E-state index >= 15 is 0 Å². The molecule has 2 aromatic rings. The Balaban J connectivity index is 1.63. The Hall–Kier alpha value is -2.13. The molecule has 3 heteroatoms. The molecule has 2 aromatic carbocycles. The molecule has 0 spiro atoms. The Bertz CT molecular complexity index is 615. The fourth-order valence-corrected chi connectivity index (χ4v) is 2.49. The molecular weight excluding hydrogens is 262 g/mol. The van der Waals surface area contributed by atoms with Crippen LogP contribution in [0.1, 0.15) is 12.5 Å². The fraction of sp³-hybridized carbons (Fsp3) is 0.278. The van der Waals surface area contributed by atoms with Crippen molar-refractivity contribution in [3.05, 3.63) is 60.2 Å². The van der Waals surface area contributed by atoms with Crippen LogP contribution in [0.3, 0.4) is 0 Å². The van der Waals surface area contributed by atoms with Crippen LogP contribution in [0.4, 0.5) is 0 Å². The van der Waals surface area contributed by atoms with E-state index in [9.17, 15) is 4.79 Å². The van der Waals surface area contributed by atoms with Crippen LogP contribution >= 0.6 is 0 Å². The summed E-state index contributed by atoms with van der Waals surface area (Å²) >= 11 is 0. The third-order valence-electron chi connectivity index (χ3n) is 3.71. The van der Waals surface area contributed by atoms with E-state index in [0.29, 0.717) is 19.6 Å². The molecule has 0 atom stereocenters. The molecule has 1 aliphatic heterocycles. The van der Waals surface area contributed by atoms with E-state index in [2.05, 4.69) is 29.6 Å². The molecular formula is C18H19NO2. The van der Waals surface area contributed by atoms with Gasteiger partial charge in [0.1, 0.15) is 0 Å². The van der Waals surface area contributed by atoms with Gasteiger partial charge in [0.2, 0.25) is 5.91 Å². The molecule has 0 aromatic heterocycles. The van der Waals surface area contributed by atoms with Gasteiger partial charge in [-0.15, -0.1) is 0 Å². The Morgan fingerprint density at radius 2 is 1.67 bits per heavy atom. The van der Waals surface area contributed by atoms with E-state index in [1.165, 1.54) is 11.1 Å². The molecule has 0 aliphatic carbocycles. The van der Waals surface area contributed by atoms with Gasteiger partial charge in [0.05, 0.1) is 25.2 Å². The third-order valence-corrected chi connectivity index (χ3v) is 3.71. The zero-order valence-corrected chi connectivity index (χ0v) is 12.1. The molecule has 1 N–H and O–H groups in total. The molecule has 1 heterocycles. The van der Waals surface area contributed by atoms with Crippen LogP contribution in [0.15, 0.2) is 54.6 Å². The van der Waals surface area contributed by atoms with Crippen molar-refractivity contribution in [1.82, 2.24) is 5.32 Å². The van der Waals surface area contributed by atoms with Gasteiger partial charge >= 0.3 is 0 Å². The van der Waals surface area contributed by atoms with Crippen molar-refractivity contribution < 1.29 is 9.53 Å². The first-order valence-electron chi connectivity index (χ1n) is 7.18. The van der Waals surface area contributed by atoms with E-state index < -0.39 is 0 Å². The van der Waals surface area contributed by atoms with Gasteiger partial charge in [0.15, 0.2) is 0 Å². The van der Waals surface area contributed by atoms with Crippen molar-refractivity contribution >= 4 is 5.91 Å². The lowest BCUT2D eigenvalue weighted by atomic mass is 9.99. The van der Waals surface area contributed by atoms with Crippen LogP contribution < -0.4 is 5.32 Å². The van der Waals surface area contributed by atoms with Gasteiger partial charge in [-0.1, -0.05) is 54.6 Å². The molecule has 0 saturated carbocycles. The van der Waals surface area contributed by atoms with Crippen LogP contribution in [0, 0.1) is 0 Å². The van der Waals surface area contributed by atoms with Gasteiger partial charge in [-0.25, -0.2) is 0 Å². The molecule has 0 unspecified atom stereocenters. The second-order valence-electron chi connectivity index (χ2n) is 5.84. The molecule has 108 valence electrons. The fourth-order valence-electron chi connectivity index (χ4n) is 2.49. The number of hydrogen-bond donors (Lipinski definition) is 1. The highest BCUT2D eigenvalue weighted by Gasteiger charge is 2.34. The normalized spacial score (nSPS) is 16.0. The van der Waals surface area contributed by atoms with E-state index in [0.717, 1.165) is 5.56 Å². The summed E-state index contributed by atoms with van der Waals surface area (Å²) in [6, 6.07) is 18.4. The number of carbonyl (C=O) groups excluding carboxylic acids is 1. The van der Waals surface area contributed by atoms with Crippen molar-refractivity contribution in [2.75, 3.05) is 13.2 Å². The Morgan fingerprint density at radius 1 is 1.05 bits per heavy atom. The van der Waals surface area contributed by atoms with Gasteiger partial charge in [-0.05, 0) is 23.6 Å². The second-order valence-corrected chi connectivity index (χ2v) is 5.84. The van der Waals surface area contributed by atoms with Crippen molar-refractivity contribution in [2.45, 2.75) is 18.9 Å². The first-order chi connectivity index (χ1) is 10.1. The topological polar surface area (TPSA) is 38.3 Å². The summed E-state index contributed by atoms with van der Waals surface area (Å²) < 4.78 is 5.14. The average Bonchev–Trinajstić information content (AvgIpc) is 2.47. The zero-order valence-electron chi connectivity index (χ0n) is 12.1. The van der Waals surface area contributed by atoms with Crippen LogP contribution in [0.25, 0.3) is 11.1 Å². The molecule has 21 heavy (non-hydrogen) atoms. The van der Waals surface area contributed by atoms with Crippen molar-refractivity contribution in [2.24, 2.45) is 0 Å². The first kappa shape index (κ1) is 13.8. The Kier molecular flexibility index (Phi) is 3.76. The minimum atomic E-state index is -0.180. The summed E-state index contributed by atoms with van der Waals surface area (Å²) in [5, 5.41) is 3.02. The van der Waals surface area contributed by atoms with Gasteiger partial charge < -0.3 is 10.1 Å². The molecule has 3 nitrogen and oxygen atoms in total. The van der Waals surface area contributed by atoms with E-state index in [-0.39, 0.29) is 11.4 Å². The predicted octanol–water partition coefficient (Wildman–Crippen LogP) is 2.80. The SMILES string of the molecule is CC1(NC(=O)Cc2ccc(-c3ccccc3)cc2)COC1. The van der Waals surface area contributed by atoms with Crippen molar-refractivity contribution in [3.8, 4) is 11.1 Å². The summed E-state index contributed by atoms with van der Waals surface area (Å²) in [5.74, 6) is 0.0493. The van der Waals surface area contributed by atoms with Crippen LogP contribution in [0.5, 0.6) is 0 Å². The monoisotopic (exact) mass is 281 g/mol. The highest BCUT2D eigenvalue weighted by Crippen LogP contribution is 2.20. The minimum absolute atomic E-state index is 0.0493. The number of carbonyl (C=O) groups is 1. The molecule has 1 fully saturated rings. The summed E-state index contributed by atoms with van der Waals surface area (Å²) in [7, 11) is 0. The van der Waals surface area contributed by atoms with E-state index in [1.807, 2.05) is 37.3 Å². The van der Waals surface area contributed by atoms with E-state index in [1.54, 1.807) is 0 Å². The van der Waals surface area contributed by atoms with Gasteiger partial charge in [-0.3, -0.25) is 4.79 Å². The molecule has 1 aliphatic rings. The van der Waals surface area contributed by atoms with Crippen LogP contribution in [0.2, 0.25) is 0 Å². The van der Waals surface area contributed by atoms with Crippen molar-refractivity contribution in [1.29, 1.82) is 0 Å². The highest BCUT2D eigenvalue weighted by molar-refractivity contribution is 5.79. The average molecular weight is 281 g/mol. The maximum absolute atomic E-state index is 12.0. The number of benzene rings is 2. The zero-order chi connectivity index (χ0) is 14.7. The molecule has 0 bridgehead atoms. The predicted molar refractivity (Wildman–Crippen MR) is 82.9 cm³/mol. The Labute approximate surface area is 124 Å². The molecule has 0 radical (unpaired) electrons. The highest BCUT2D eigenvalue weighted by atomic mass is 16.5. The lowest BCUT2D eigenvalue weighted by molar-refractivity contribution is -0.130. The third kappa shape index (κ3) is 3.31. The summed E-state index contributed by atoms with van der Waals surface area (Å²) in [4.78, 5) is 12.0. The van der Waals surface area contributed by atoms with Crippen LogP contribution in [-0.4, -0.2) is 24.7 Å². The Morgan fingerprint density at radius 3 is 2.24 bits per heavy atom. The largest absolute Gasteiger partial charge is 0.376 e. The maximum Gasteiger partial charge on any atom is 0.225 e. The lowest BCUT2D eigenvalue weighted by Crippen LogP contribution is -2.60.